The number of ether oxygens (including phenoxy) is 1. The van der Waals surface area contributed by atoms with Crippen molar-refractivity contribution < 1.29 is 14.3 Å². The lowest BCUT2D eigenvalue weighted by molar-refractivity contribution is 0.0468. The van der Waals surface area contributed by atoms with Crippen LogP contribution in [0, 0.1) is 13.8 Å². The number of aromatic nitrogens is 4. The van der Waals surface area contributed by atoms with Crippen LogP contribution in [0.2, 0.25) is 0 Å². The van der Waals surface area contributed by atoms with E-state index in [0.717, 1.165) is 34.5 Å². The van der Waals surface area contributed by atoms with E-state index >= 15 is 0 Å². The number of benzene rings is 1. The van der Waals surface area contributed by atoms with E-state index in [1.807, 2.05) is 50.2 Å². The summed E-state index contributed by atoms with van der Waals surface area (Å²) in [5.74, 6) is -0.935. The zero-order valence-electron chi connectivity index (χ0n) is 17.6. The van der Waals surface area contributed by atoms with Crippen LogP contribution >= 0.6 is 27.3 Å². The van der Waals surface area contributed by atoms with E-state index in [2.05, 4.69) is 42.3 Å². The molecule has 0 unspecified atom stereocenters. The average molecular weight is 513 g/mol. The van der Waals surface area contributed by atoms with Crippen LogP contribution in [0.4, 0.5) is 0 Å². The summed E-state index contributed by atoms with van der Waals surface area (Å²) in [6.45, 7) is 4.34. The highest BCUT2D eigenvalue weighted by Gasteiger charge is 2.20. The van der Waals surface area contributed by atoms with E-state index in [4.69, 9.17) is 4.74 Å². The molecule has 0 aliphatic carbocycles. The van der Waals surface area contributed by atoms with Gasteiger partial charge < -0.3 is 9.30 Å². The predicted molar refractivity (Wildman–Crippen MR) is 126 cm³/mol. The zero-order chi connectivity index (χ0) is 22.7. The number of nitrogens with zero attached hydrogens (tertiary/aromatic N) is 4. The maximum Gasteiger partial charge on any atom is 0.361 e. The van der Waals surface area contributed by atoms with Gasteiger partial charge in [-0.15, -0.1) is 16.4 Å². The molecule has 164 valence electrons. The van der Waals surface area contributed by atoms with Crippen LogP contribution in [0.25, 0.3) is 5.69 Å². The summed E-state index contributed by atoms with van der Waals surface area (Å²) in [7, 11) is 0. The van der Waals surface area contributed by atoms with Crippen molar-refractivity contribution >= 4 is 39.0 Å². The van der Waals surface area contributed by atoms with Gasteiger partial charge in [-0.05, 0) is 65.8 Å². The third-order valence-corrected chi connectivity index (χ3v) is 6.78. The third-order valence-electron chi connectivity index (χ3n) is 5.17. The molecular formula is C23H21BrN4O3S. The number of carbonyl (C=O) groups excluding carboxylic acids is 2. The number of carbonyl (C=O) groups is 2. The Morgan fingerprint density at radius 1 is 1.16 bits per heavy atom. The van der Waals surface area contributed by atoms with Crippen molar-refractivity contribution in [3.63, 3.8) is 0 Å². The molecule has 0 radical (unpaired) electrons. The van der Waals surface area contributed by atoms with Crippen molar-refractivity contribution in [3.8, 4) is 5.69 Å². The third kappa shape index (κ3) is 4.73. The van der Waals surface area contributed by atoms with Gasteiger partial charge >= 0.3 is 5.97 Å². The molecule has 0 N–H and O–H groups in total. The minimum atomic E-state index is -0.692. The number of thiophene rings is 1. The average Bonchev–Trinajstić information content (AvgIpc) is 3.52. The molecule has 1 aromatic carbocycles. The smallest absolute Gasteiger partial charge is 0.361 e. The van der Waals surface area contributed by atoms with Crippen molar-refractivity contribution in [1.29, 1.82) is 0 Å². The topological polar surface area (TPSA) is 79.0 Å². The summed E-state index contributed by atoms with van der Waals surface area (Å²) in [5.41, 5.74) is 3.23. The van der Waals surface area contributed by atoms with Crippen molar-refractivity contribution in [3.05, 3.63) is 86.0 Å². The molecule has 0 bridgehead atoms. The standard InChI is InChI=1S/C23H21BrN4O3S/c1-15-12-18(16(2)27(15)10-9-17-6-5-11-32-17)22(29)14-31-23(30)20-13-28(26-25-20)21-8-4-3-7-19(21)24/h3-8,11-13H,9-10,14H2,1-2H3. The maximum absolute atomic E-state index is 12.7. The number of halogens is 1. The van der Waals surface area contributed by atoms with Crippen LogP contribution in [0.5, 0.6) is 0 Å². The van der Waals surface area contributed by atoms with Crippen LogP contribution in [0.1, 0.15) is 37.1 Å². The fraction of sp³-hybridized carbons (Fsp3) is 0.217. The first kappa shape index (κ1) is 22.2. The Kier molecular flexibility index (Phi) is 6.66. The van der Waals surface area contributed by atoms with Gasteiger partial charge in [0.25, 0.3) is 0 Å². The van der Waals surface area contributed by atoms with Gasteiger partial charge in [-0.2, -0.15) is 0 Å². The van der Waals surface area contributed by atoms with E-state index in [-0.39, 0.29) is 18.1 Å². The lowest BCUT2D eigenvalue weighted by Crippen LogP contribution is -2.15. The first-order chi connectivity index (χ1) is 15.4. The highest BCUT2D eigenvalue weighted by Crippen LogP contribution is 2.20. The molecule has 3 heterocycles. The quantitative estimate of drug-likeness (QED) is 0.250. The molecule has 3 aromatic heterocycles. The molecule has 4 rings (SSSR count). The number of rotatable bonds is 8. The van der Waals surface area contributed by atoms with Gasteiger partial charge in [0, 0.05) is 32.8 Å². The van der Waals surface area contributed by atoms with Crippen LogP contribution < -0.4 is 0 Å². The number of aryl methyl sites for hydroxylation is 2. The van der Waals surface area contributed by atoms with Crippen molar-refractivity contribution in [2.75, 3.05) is 6.61 Å². The summed E-state index contributed by atoms with van der Waals surface area (Å²) < 4.78 is 9.64. The van der Waals surface area contributed by atoms with E-state index in [1.165, 1.54) is 15.8 Å². The van der Waals surface area contributed by atoms with E-state index in [1.54, 1.807) is 11.3 Å². The molecule has 0 atom stereocenters. The fourth-order valence-electron chi connectivity index (χ4n) is 3.50. The van der Waals surface area contributed by atoms with Crippen LogP contribution in [0.3, 0.4) is 0 Å². The first-order valence-electron chi connectivity index (χ1n) is 10.0. The number of esters is 1. The lowest BCUT2D eigenvalue weighted by atomic mass is 10.1. The molecule has 0 amide bonds. The minimum Gasteiger partial charge on any atom is -0.452 e. The Bertz CT molecular complexity index is 1260. The molecule has 0 saturated heterocycles. The largest absolute Gasteiger partial charge is 0.452 e. The highest BCUT2D eigenvalue weighted by atomic mass is 79.9. The molecule has 0 spiro atoms. The number of hydrogen-bond donors (Lipinski definition) is 0. The zero-order valence-corrected chi connectivity index (χ0v) is 20.0. The predicted octanol–water partition coefficient (Wildman–Crippen LogP) is 4.79. The second-order valence-electron chi connectivity index (χ2n) is 7.26. The number of Topliss-reactive ketones (excluding diaryl/α,β-unsaturated/α-hetero) is 1. The first-order valence-corrected chi connectivity index (χ1v) is 11.7. The second-order valence-corrected chi connectivity index (χ2v) is 9.15. The van der Waals surface area contributed by atoms with E-state index in [0.29, 0.717) is 5.56 Å². The van der Waals surface area contributed by atoms with Crippen LogP contribution in [0.15, 0.2) is 58.5 Å². The number of hydrogen-bond acceptors (Lipinski definition) is 6. The molecule has 7 nitrogen and oxygen atoms in total. The summed E-state index contributed by atoms with van der Waals surface area (Å²) in [5, 5.41) is 9.91. The molecule has 0 saturated carbocycles. The highest BCUT2D eigenvalue weighted by molar-refractivity contribution is 9.10. The Morgan fingerprint density at radius 3 is 2.72 bits per heavy atom. The summed E-state index contributed by atoms with van der Waals surface area (Å²) in [4.78, 5) is 26.4. The Balaban J connectivity index is 1.39. The Hall–Kier alpha value is -3.04. The van der Waals surface area contributed by atoms with Gasteiger partial charge in [-0.3, -0.25) is 4.79 Å². The maximum atomic E-state index is 12.7. The van der Waals surface area contributed by atoms with E-state index in [9.17, 15) is 9.59 Å². The normalized spacial score (nSPS) is 11.0. The van der Waals surface area contributed by atoms with E-state index < -0.39 is 5.97 Å². The summed E-state index contributed by atoms with van der Waals surface area (Å²) in [6, 6.07) is 13.4. The Labute approximate surface area is 197 Å². The molecule has 0 fully saturated rings. The van der Waals surface area contributed by atoms with Crippen molar-refractivity contribution in [1.82, 2.24) is 19.6 Å². The molecule has 9 heteroatoms. The van der Waals surface area contributed by atoms with Gasteiger partial charge in [-0.1, -0.05) is 23.4 Å². The number of ketones is 1. The van der Waals surface area contributed by atoms with Crippen molar-refractivity contribution in [2.45, 2.75) is 26.8 Å². The molecule has 0 aliphatic heterocycles. The molecular weight excluding hydrogens is 492 g/mol. The monoisotopic (exact) mass is 512 g/mol. The lowest BCUT2D eigenvalue weighted by Gasteiger charge is -2.09. The SMILES string of the molecule is Cc1cc(C(=O)COC(=O)c2cn(-c3ccccc3Br)nn2)c(C)n1CCc1cccs1. The number of para-hydroxylation sites is 1. The van der Waals surface area contributed by atoms with Gasteiger partial charge in [0.1, 0.15) is 0 Å². The minimum absolute atomic E-state index is 0.0370. The summed E-state index contributed by atoms with van der Waals surface area (Å²) >= 11 is 5.16. The Morgan fingerprint density at radius 2 is 1.97 bits per heavy atom. The van der Waals surface area contributed by atoms with Crippen LogP contribution in [-0.4, -0.2) is 37.9 Å². The second kappa shape index (κ2) is 9.62. The van der Waals surface area contributed by atoms with Gasteiger partial charge in [0.15, 0.2) is 12.3 Å². The fourth-order valence-corrected chi connectivity index (χ4v) is 4.66. The van der Waals surface area contributed by atoms with Gasteiger partial charge in [0.05, 0.1) is 11.9 Å². The van der Waals surface area contributed by atoms with Crippen LogP contribution in [-0.2, 0) is 17.7 Å². The van der Waals surface area contributed by atoms with Gasteiger partial charge in [0.2, 0.25) is 5.78 Å². The molecule has 32 heavy (non-hydrogen) atoms. The summed E-state index contributed by atoms with van der Waals surface area (Å²) in [6.07, 6.45) is 2.38. The van der Waals surface area contributed by atoms with Gasteiger partial charge in [-0.25, -0.2) is 9.48 Å². The molecule has 4 aromatic rings. The van der Waals surface area contributed by atoms with Crippen molar-refractivity contribution in [2.24, 2.45) is 0 Å². The molecule has 0 aliphatic rings.